The van der Waals surface area contributed by atoms with Gasteiger partial charge in [0.25, 0.3) is 0 Å². The first kappa shape index (κ1) is 25.1. The van der Waals surface area contributed by atoms with Crippen molar-refractivity contribution in [3.8, 4) is 0 Å². The van der Waals surface area contributed by atoms with Crippen molar-refractivity contribution in [1.29, 1.82) is 0 Å². The highest BCUT2D eigenvalue weighted by molar-refractivity contribution is 14.0. The number of rotatable bonds is 6. The van der Waals surface area contributed by atoms with Gasteiger partial charge in [-0.1, -0.05) is 6.07 Å². The Hall–Kier alpha value is -0.940. The minimum absolute atomic E-state index is 0. The van der Waals surface area contributed by atoms with Crippen LogP contribution in [0.15, 0.2) is 27.7 Å². The zero-order chi connectivity index (χ0) is 19.8. The topological polar surface area (TPSA) is 60.0 Å². The summed E-state index contributed by atoms with van der Waals surface area (Å²) in [4.78, 5) is 20.9. The number of nitrogens with zero attached hydrogens (tertiary/aromatic N) is 3. The molecule has 0 spiro atoms. The molecule has 1 aromatic rings. The Morgan fingerprint density at radius 1 is 1.29 bits per heavy atom. The Morgan fingerprint density at radius 3 is 2.54 bits per heavy atom. The molecule has 1 heterocycles. The van der Waals surface area contributed by atoms with Gasteiger partial charge >= 0.3 is 0 Å². The molecule has 1 aliphatic heterocycles. The normalized spacial score (nSPS) is 15.4. The summed E-state index contributed by atoms with van der Waals surface area (Å²) in [6, 6.07) is 5.23. The van der Waals surface area contributed by atoms with Crippen LogP contribution in [0.2, 0.25) is 0 Å². The molecule has 0 aromatic heterocycles. The maximum absolute atomic E-state index is 13.7. The molecular weight excluding hydrogens is 540 g/mol. The van der Waals surface area contributed by atoms with Crippen molar-refractivity contribution in [3.63, 3.8) is 0 Å². The second kappa shape index (κ2) is 12.6. The smallest absolute Gasteiger partial charge is 0.234 e. The quantitative estimate of drug-likeness (QED) is 0.314. The van der Waals surface area contributed by atoms with Gasteiger partial charge in [-0.2, -0.15) is 0 Å². The summed E-state index contributed by atoms with van der Waals surface area (Å²) < 4.78 is 14.1. The van der Waals surface area contributed by atoms with E-state index in [1.807, 2.05) is 26.8 Å². The zero-order valence-electron chi connectivity index (χ0n) is 16.7. The number of nitrogens with one attached hydrogen (secondary N) is 2. The van der Waals surface area contributed by atoms with Gasteiger partial charge in [0.05, 0.1) is 17.6 Å². The lowest BCUT2D eigenvalue weighted by Crippen LogP contribution is -2.54. The molecule has 0 saturated carbocycles. The highest BCUT2D eigenvalue weighted by atomic mass is 127. The van der Waals surface area contributed by atoms with Gasteiger partial charge in [-0.15, -0.1) is 24.0 Å². The van der Waals surface area contributed by atoms with E-state index < -0.39 is 0 Å². The second-order valence-corrected chi connectivity index (χ2v) is 7.76. The number of carbonyl (C=O) groups excluding carboxylic acids is 1. The minimum Gasteiger partial charge on any atom is -0.357 e. The van der Waals surface area contributed by atoms with E-state index in [0.29, 0.717) is 17.6 Å². The molecule has 1 amide bonds. The predicted molar refractivity (Wildman–Crippen MR) is 126 cm³/mol. The fraction of sp³-hybridized carbons (Fsp3) is 0.579. The molecule has 6 nitrogen and oxygen atoms in total. The molecule has 158 valence electrons. The number of benzene rings is 1. The molecule has 0 aliphatic carbocycles. The van der Waals surface area contributed by atoms with Gasteiger partial charge in [0.15, 0.2) is 5.96 Å². The first-order valence-corrected chi connectivity index (χ1v) is 10.2. The van der Waals surface area contributed by atoms with Crippen LogP contribution in [0, 0.1) is 5.82 Å². The molecule has 0 bridgehead atoms. The van der Waals surface area contributed by atoms with Crippen LogP contribution in [0.25, 0.3) is 0 Å². The molecular formula is C19H30BrFIN5O. The van der Waals surface area contributed by atoms with Gasteiger partial charge in [0.2, 0.25) is 5.91 Å². The number of piperazine rings is 1. The predicted octanol–water partition coefficient (Wildman–Crippen LogP) is 2.81. The Kier molecular flexibility index (Phi) is 11.3. The molecule has 1 saturated heterocycles. The monoisotopic (exact) mass is 569 g/mol. The third-order valence-corrected chi connectivity index (χ3v) is 4.86. The summed E-state index contributed by atoms with van der Waals surface area (Å²) in [7, 11) is 0. The lowest BCUT2D eigenvalue weighted by atomic mass is 10.2. The Bertz CT molecular complexity index is 666. The maximum Gasteiger partial charge on any atom is 0.234 e. The van der Waals surface area contributed by atoms with E-state index in [4.69, 9.17) is 0 Å². The number of amides is 1. The molecule has 1 aliphatic rings. The molecule has 2 rings (SSSR count). The molecule has 0 unspecified atom stereocenters. The Labute approximate surface area is 192 Å². The van der Waals surface area contributed by atoms with E-state index in [2.05, 4.69) is 41.4 Å². The SMILES string of the molecule is CCNC(=NCc1ccc(Br)c(F)c1)N1CCN(CC(=O)NC(C)C)CC1.I. The van der Waals surface area contributed by atoms with Gasteiger partial charge in [-0.25, -0.2) is 9.38 Å². The van der Waals surface area contributed by atoms with Crippen molar-refractivity contribution < 1.29 is 9.18 Å². The van der Waals surface area contributed by atoms with Gasteiger partial charge in [-0.3, -0.25) is 9.69 Å². The van der Waals surface area contributed by atoms with Crippen LogP contribution in [0.4, 0.5) is 4.39 Å². The summed E-state index contributed by atoms with van der Waals surface area (Å²) >= 11 is 3.17. The maximum atomic E-state index is 13.7. The number of aliphatic imine (C=N–C) groups is 1. The average Bonchev–Trinajstić information content (AvgIpc) is 2.61. The van der Waals surface area contributed by atoms with E-state index in [0.717, 1.165) is 44.2 Å². The van der Waals surface area contributed by atoms with Crippen molar-refractivity contribution in [1.82, 2.24) is 20.4 Å². The third-order valence-electron chi connectivity index (χ3n) is 4.22. The highest BCUT2D eigenvalue weighted by Gasteiger charge is 2.21. The van der Waals surface area contributed by atoms with E-state index in [1.165, 1.54) is 6.07 Å². The van der Waals surface area contributed by atoms with E-state index in [-0.39, 0.29) is 41.7 Å². The van der Waals surface area contributed by atoms with Gasteiger partial charge in [-0.05, 0) is 54.4 Å². The van der Waals surface area contributed by atoms with Crippen molar-refractivity contribution in [2.75, 3.05) is 39.3 Å². The highest BCUT2D eigenvalue weighted by Crippen LogP contribution is 2.17. The molecule has 0 radical (unpaired) electrons. The summed E-state index contributed by atoms with van der Waals surface area (Å²) in [6.07, 6.45) is 0. The third kappa shape index (κ3) is 8.20. The van der Waals surface area contributed by atoms with Crippen molar-refractivity contribution in [2.45, 2.75) is 33.4 Å². The number of carbonyl (C=O) groups is 1. The first-order valence-electron chi connectivity index (χ1n) is 9.38. The first-order chi connectivity index (χ1) is 12.9. The molecule has 2 N–H and O–H groups in total. The number of hydrogen-bond acceptors (Lipinski definition) is 3. The zero-order valence-corrected chi connectivity index (χ0v) is 20.6. The number of hydrogen-bond donors (Lipinski definition) is 2. The summed E-state index contributed by atoms with van der Waals surface area (Å²) in [6.45, 7) is 10.8. The van der Waals surface area contributed by atoms with Crippen LogP contribution in [0.3, 0.4) is 0 Å². The number of halogens is 3. The largest absolute Gasteiger partial charge is 0.357 e. The summed E-state index contributed by atoms with van der Waals surface area (Å²) in [5.41, 5.74) is 0.829. The molecule has 1 fully saturated rings. The van der Waals surface area contributed by atoms with Gasteiger partial charge < -0.3 is 15.5 Å². The standard InChI is InChI=1S/C19H29BrFN5O.HI/c1-4-22-19(23-12-15-5-6-16(20)17(21)11-15)26-9-7-25(8-10-26)13-18(27)24-14(2)3;/h5-6,11,14H,4,7-10,12-13H2,1-3H3,(H,22,23)(H,24,27);1H. The van der Waals surface area contributed by atoms with Crippen LogP contribution in [-0.4, -0.2) is 67.0 Å². The van der Waals surface area contributed by atoms with Crippen LogP contribution < -0.4 is 10.6 Å². The molecule has 28 heavy (non-hydrogen) atoms. The minimum atomic E-state index is -0.277. The fourth-order valence-corrected chi connectivity index (χ4v) is 3.17. The van der Waals surface area contributed by atoms with Crippen LogP contribution >= 0.6 is 39.9 Å². The van der Waals surface area contributed by atoms with Gasteiger partial charge in [0, 0.05) is 38.8 Å². The summed E-state index contributed by atoms with van der Waals surface area (Å²) in [5.74, 6) is 0.615. The summed E-state index contributed by atoms with van der Waals surface area (Å²) in [5, 5.41) is 6.23. The fourth-order valence-electron chi connectivity index (χ4n) is 2.92. The van der Waals surface area contributed by atoms with Crippen molar-refractivity contribution in [2.24, 2.45) is 4.99 Å². The van der Waals surface area contributed by atoms with Crippen LogP contribution in [-0.2, 0) is 11.3 Å². The van der Waals surface area contributed by atoms with Gasteiger partial charge in [0.1, 0.15) is 5.82 Å². The Morgan fingerprint density at radius 2 is 1.96 bits per heavy atom. The number of guanidine groups is 1. The Balaban J connectivity index is 0.00000392. The van der Waals surface area contributed by atoms with Crippen LogP contribution in [0.5, 0.6) is 0 Å². The molecule has 0 atom stereocenters. The van der Waals surface area contributed by atoms with Crippen molar-refractivity contribution in [3.05, 3.63) is 34.1 Å². The molecule has 9 heteroatoms. The lowest BCUT2D eigenvalue weighted by molar-refractivity contribution is -0.123. The van der Waals surface area contributed by atoms with E-state index in [9.17, 15) is 9.18 Å². The average molecular weight is 570 g/mol. The van der Waals surface area contributed by atoms with E-state index >= 15 is 0 Å². The second-order valence-electron chi connectivity index (χ2n) is 6.90. The van der Waals surface area contributed by atoms with Crippen molar-refractivity contribution >= 4 is 51.8 Å². The van der Waals surface area contributed by atoms with E-state index in [1.54, 1.807) is 6.07 Å². The lowest BCUT2D eigenvalue weighted by Gasteiger charge is -2.36. The molecule has 1 aromatic carbocycles. The van der Waals surface area contributed by atoms with Crippen LogP contribution in [0.1, 0.15) is 26.3 Å².